The van der Waals surface area contributed by atoms with Crippen molar-refractivity contribution in [3.63, 3.8) is 0 Å². The zero-order chi connectivity index (χ0) is 19.3. The van der Waals surface area contributed by atoms with E-state index in [0.717, 1.165) is 49.6 Å². The highest BCUT2D eigenvalue weighted by molar-refractivity contribution is 5.77. The highest BCUT2D eigenvalue weighted by atomic mass is 16.5. The summed E-state index contributed by atoms with van der Waals surface area (Å²) >= 11 is 0. The zero-order valence-electron chi connectivity index (χ0n) is 15.7. The molecule has 0 bridgehead atoms. The molecule has 8 nitrogen and oxygen atoms in total. The molecule has 1 fully saturated rings. The second-order valence-electron chi connectivity index (χ2n) is 6.91. The first-order chi connectivity index (χ1) is 13.7. The molecule has 4 rings (SSSR count). The lowest BCUT2D eigenvalue weighted by Gasteiger charge is -2.26. The van der Waals surface area contributed by atoms with Crippen LogP contribution in [0.5, 0.6) is 0 Å². The molecule has 1 aromatic carbocycles. The number of ether oxygens (including phenoxy) is 1. The van der Waals surface area contributed by atoms with Crippen molar-refractivity contribution in [3.8, 4) is 0 Å². The molecule has 2 aromatic heterocycles. The van der Waals surface area contributed by atoms with Crippen LogP contribution >= 0.6 is 0 Å². The summed E-state index contributed by atoms with van der Waals surface area (Å²) in [5.74, 6) is 0.196. The number of carbonyl (C=O) groups excluding carboxylic acids is 1. The normalized spacial score (nSPS) is 15.0. The highest BCUT2D eigenvalue weighted by Crippen LogP contribution is 2.19. The van der Waals surface area contributed by atoms with Gasteiger partial charge in [-0.05, 0) is 23.8 Å². The first-order valence-corrected chi connectivity index (χ1v) is 9.44. The molecule has 0 unspecified atom stereocenters. The quantitative estimate of drug-likeness (QED) is 0.649. The van der Waals surface area contributed by atoms with Crippen molar-refractivity contribution in [2.45, 2.75) is 19.5 Å². The van der Waals surface area contributed by atoms with Gasteiger partial charge in [0, 0.05) is 56.1 Å². The summed E-state index contributed by atoms with van der Waals surface area (Å²) in [5, 5.41) is 4.21. The fourth-order valence-electron chi connectivity index (χ4n) is 3.34. The molecule has 0 radical (unpaired) electrons. The average Bonchev–Trinajstić information content (AvgIpc) is 3.10. The predicted octanol–water partition coefficient (Wildman–Crippen LogP) is 1.88. The van der Waals surface area contributed by atoms with Crippen LogP contribution in [0.3, 0.4) is 0 Å². The molecule has 146 valence electrons. The Hall–Kier alpha value is -2.97. The van der Waals surface area contributed by atoms with E-state index >= 15 is 0 Å². The number of morpholine rings is 1. The van der Waals surface area contributed by atoms with Crippen LogP contribution < -0.4 is 11.1 Å². The number of nitrogens with one attached hydrogen (secondary N) is 1. The van der Waals surface area contributed by atoms with Gasteiger partial charge in [0.2, 0.25) is 11.9 Å². The summed E-state index contributed by atoms with van der Waals surface area (Å²) in [5.41, 5.74) is 8.22. The lowest BCUT2D eigenvalue weighted by molar-refractivity contribution is -0.118. The van der Waals surface area contributed by atoms with Gasteiger partial charge in [-0.1, -0.05) is 12.1 Å². The molecule has 0 atom stereocenters. The molecule has 0 spiro atoms. The van der Waals surface area contributed by atoms with Gasteiger partial charge in [0.05, 0.1) is 13.2 Å². The number of hydrogen-bond acceptors (Lipinski definition) is 6. The average molecular weight is 380 g/mol. The van der Waals surface area contributed by atoms with E-state index in [4.69, 9.17) is 10.5 Å². The smallest absolute Gasteiger partial charge is 0.229 e. The van der Waals surface area contributed by atoms with E-state index in [0.29, 0.717) is 12.5 Å². The Morgan fingerprint density at radius 3 is 2.93 bits per heavy atom. The minimum atomic E-state index is -0.327. The number of primary amides is 1. The Kier molecular flexibility index (Phi) is 5.50. The first-order valence-electron chi connectivity index (χ1n) is 9.44. The van der Waals surface area contributed by atoms with Crippen molar-refractivity contribution in [1.82, 2.24) is 19.4 Å². The van der Waals surface area contributed by atoms with Gasteiger partial charge >= 0.3 is 0 Å². The maximum Gasteiger partial charge on any atom is 0.229 e. The molecular formula is C20H24N6O2. The number of anilines is 2. The Bertz CT molecular complexity index is 964. The number of fused-ring (bicyclic) bond motifs is 1. The minimum absolute atomic E-state index is 0.278. The summed E-state index contributed by atoms with van der Waals surface area (Å²) in [6.45, 7) is 4.90. The van der Waals surface area contributed by atoms with Crippen molar-refractivity contribution < 1.29 is 9.53 Å². The third-order valence-corrected chi connectivity index (χ3v) is 4.79. The number of aromatic nitrogens is 3. The molecule has 8 heteroatoms. The van der Waals surface area contributed by atoms with E-state index in [-0.39, 0.29) is 12.3 Å². The Labute approximate surface area is 163 Å². The molecule has 1 aliphatic heterocycles. The van der Waals surface area contributed by atoms with Crippen LogP contribution in [0.15, 0.2) is 42.7 Å². The van der Waals surface area contributed by atoms with Gasteiger partial charge in [-0.2, -0.15) is 4.98 Å². The fraction of sp³-hybridized carbons (Fsp3) is 0.350. The number of hydrogen-bond donors (Lipinski definition) is 2. The van der Waals surface area contributed by atoms with Crippen LogP contribution in [-0.2, 0) is 22.6 Å². The topological polar surface area (TPSA) is 98.3 Å². The van der Waals surface area contributed by atoms with Crippen LogP contribution in [0, 0.1) is 0 Å². The summed E-state index contributed by atoms with van der Waals surface area (Å²) in [6.07, 6.45) is 3.96. The maximum absolute atomic E-state index is 11.1. The van der Waals surface area contributed by atoms with Crippen LogP contribution in [-0.4, -0.2) is 51.6 Å². The van der Waals surface area contributed by atoms with Crippen LogP contribution in [0.1, 0.15) is 12.0 Å². The molecular weight excluding hydrogens is 356 g/mol. The van der Waals surface area contributed by atoms with Crippen LogP contribution in [0.4, 0.5) is 11.6 Å². The third kappa shape index (κ3) is 4.47. The molecule has 1 amide bonds. The van der Waals surface area contributed by atoms with Gasteiger partial charge in [-0.15, -0.1) is 0 Å². The molecule has 1 aliphatic rings. The molecule has 3 N–H and O–H groups in total. The van der Waals surface area contributed by atoms with E-state index in [9.17, 15) is 4.79 Å². The van der Waals surface area contributed by atoms with E-state index in [1.165, 1.54) is 5.56 Å². The fourth-order valence-corrected chi connectivity index (χ4v) is 3.34. The molecule has 0 aliphatic carbocycles. The summed E-state index contributed by atoms with van der Waals surface area (Å²) in [4.78, 5) is 22.5. The number of benzene rings is 1. The monoisotopic (exact) mass is 380 g/mol. The Balaban J connectivity index is 1.48. The van der Waals surface area contributed by atoms with E-state index in [2.05, 4.69) is 32.3 Å². The van der Waals surface area contributed by atoms with E-state index in [1.807, 2.05) is 29.0 Å². The third-order valence-electron chi connectivity index (χ3n) is 4.79. The van der Waals surface area contributed by atoms with Gasteiger partial charge in [-0.3, -0.25) is 9.69 Å². The largest absolute Gasteiger partial charge is 0.379 e. The molecule has 3 heterocycles. The Morgan fingerprint density at radius 1 is 1.25 bits per heavy atom. The van der Waals surface area contributed by atoms with Crippen molar-refractivity contribution in [2.75, 3.05) is 31.6 Å². The van der Waals surface area contributed by atoms with Crippen molar-refractivity contribution in [2.24, 2.45) is 5.73 Å². The lowest BCUT2D eigenvalue weighted by Crippen LogP contribution is -2.35. The van der Waals surface area contributed by atoms with Crippen molar-refractivity contribution >= 4 is 28.6 Å². The van der Waals surface area contributed by atoms with Crippen LogP contribution in [0.25, 0.3) is 11.0 Å². The van der Waals surface area contributed by atoms with Gasteiger partial charge in [0.25, 0.3) is 0 Å². The number of nitrogens with two attached hydrogens (primary N) is 1. The number of rotatable bonds is 7. The number of amides is 1. The molecule has 28 heavy (non-hydrogen) atoms. The van der Waals surface area contributed by atoms with Crippen molar-refractivity contribution in [1.29, 1.82) is 0 Å². The molecule has 3 aromatic rings. The van der Waals surface area contributed by atoms with Crippen molar-refractivity contribution in [3.05, 3.63) is 48.3 Å². The first kappa shape index (κ1) is 18.4. The van der Waals surface area contributed by atoms with E-state index < -0.39 is 0 Å². The predicted molar refractivity (Wildman–Crippen MR) is 107 cm³/mol. The highest BCUT2D eigenvalue weighted by Gasteiger charge is 2.11. The summed E-state index contributed by atoms with van der Waals surface area (Å²) in [6, 6.07) is 10.2. The number of aryl methyl sites for hydroxylation is 1. The second-order valence-corrected chi connectivity index (χ2v) is 6.91. The number of nitrogens with zero attached hydrogens (tertiary/aromatic N) is 4. The molecule has 1 saturated heterocycles. The van der Waals surface area contributed by atoms with Gasteiger partial charge in [-0.25, -0.2) is 4.98 Å². The van der Waals surface area contributed by atoms with Gasteiger partial charge in [0.15, 0.2) is 0 Å². The summed E-state index contributed by atoms with van der Waals surface area (Å²) in [7, 11) is 0. The van der Waals surface area contributed by atoms with Gasteiger partial charge < -0.3 is 20.4 Å². The minimum Gasteiger partial charge on any atom is -0.379 e. The van der Waals surface area contributed by atoms with E-state index in [1.54, 1.807) is 6.20 Å². The molecule has 0 saturated carbocycles. The standard InChI is InChI=1S/C20H24N6O2/c21-18(27)5-7-26-6-4-16-13-22-20(24-19(16)26)23-17-3-1-2-15(12-17)14-25-8-10-28-11-9-25/h1-4,6,12-13H,5,7-11,14H2,(H2,21,27)(H,22,23,24). The Morgan fingerprint density at radius 2 is 2.11 bits per heavy atom. The second kappa shape index (κ2) is 8.37. The van der Waals surface area contributed by atoms with Gasteiger partial charge in [0.1, 0.15) is 5.65 Å². The lowest BCUT2D eigenvalue weighted by atomic mass is 10.2. The number of carbonyl (C=O) groups is 1. The van der Waals surface area contributed by atoms with Crippen LogP contribution in [0.2, 0.25) is 0 Å². The maximum atomic E-state index is 11.1. The zero-order valence-corrected chi connectivity index (χ0v) is 15.7. The summed E-state index contributed by atoms with van der Waals surface area (Å²) < 4.78 is 7.33. The SMILES string of the molecule is NC(=O)CCn1ccc2cnc(Nc3cccc(CN4CCOCC4)c3)nc21.